The standard InChI is InChI=1S/C18H27N5O/c1-13-6-5-7-15(14(13)2)23-10-8-22(9-11-23)12-16-20-17(21-24-16)18(3,4)19/h5-7H,8-12,19H2,1-4H3. The van der Waals surface area contributed by atoms with E-state index in [-0.39, 0.29) is 0 Å². The van der Waals surface area contributed by atoms with Gasteiger partial charge < -0.3 is 15.2 Å². The van der Waals surface area contributed by atoms with Crippen molar-refractivity contribution in [2.45, 2.75) is 39.8 Å². The molecular formula is C18H27N5O. The zero-order chi connectivity index (χ0) is 17.3. The topological polar surface area (TPSA) is 71.4 Å². The van der Waals surface area contributed by atoms with Gasteiger partial charge in [-0.25, -0.2) is 0 Å². The van der Waals surface area contributed by atoms with Crippen LogP contribution in [0.15, 0.2) is 22.7 Å². The molecule has 0 bridgehead atoms. The van der Waals surface area contributed by atoms with Crippen molar-refractivity contribution in [1.29, 1.82) is 0 Å². The Morgan fingerprint density at radius 1 is 1.17 bits per heavy atom. The number of rotatable bonds is 4. The first-order valence-electron chi connectivity index (χ1n) is 8.50. The molecule has 1 aliphatic rings. The van der Waals surface area contributed by atoms with Crippen LogP contribution in [-0.4, -0.2) is 41.2 Å². The van der Waals surface area contributed by atoms with Crippen LogP contribution in [0.1, 0.15) is 36.7 Å². The third-order valence-corrected chi connectivity index (χ3v) is 4.69. The van der Waals surface area contributed by atoms with Crippen LogP contribution < -0.4 is 10.6 Å². The molecule has 1 fully saturated rings. The van der Waals surface area contributed by atoms with Gasteiger partial charge in [0.25, 0.3) is 0 Å². The second kappa shape index (κ2) is 6.53. The lowest BCUT2D eigenvalue weighted by atomic mass is 10.1. The van der Waals surface area contributed by atoms with Crippen molar-refractivity contribution in [1.82, 2.24) is 15.0 Å². The van der Waals surface area contributed by atoms with Gasteiger partial charge in [0, 0.05) is 31.9 Å². The smallest absolute Gasteiger partial charge is 0.240 e. The lowest BCUT2D eigenvalue weighted by molar-refractivity contribution is 0.215. The van der Waals surface area contributed by atoms with Gasteiger partial charge in [-0.1, -0.05) is 17.3 Å². The molecule has 0 saturated carbocycles. The third kappa shape index (κ3) is 3.60. The van der Waals surface area contributed by atoms with E-state index in [1.807, 2.05) is 13.8 Å². The second-order valence-corrected chi connectivity index (χ2v) is 7.22. The first kappa shape index (κ1) is 16.9. The highest BCUT2D eigenvalue weighted by Gasteiger charge is 2.24. The van der Waals surface area contributed by atoms with Crippen molar-refractivity contribution in [3.8, 4) is 0 Å². The van der Waals surface area contributed by atoms with E-state index in [2.05, 4.69) is 52.0 Å². The number of anilines is 1. The molecule has 1 aromatic heterocycles. The van der Waals surface area contributed by atoms with Gasteiger partial charge in [-0.3, -0.25) is 4.90 Å². The maximum atomic E-state index is 6.01. The fraction of sp³-hybridized carbons (Fsp3) is 0.556. The van der Waals surface area contributed by atoms with E-state index in [9.17, 15) is 0 Å². The Morgan fingerprint density at radius 3 is 2.50 bits per heavy atom. The summed E-state index contributed by atoms with van der Waals surface area (Å²) in [6.45, 7) is 12.8. The summed E-state index contributed by atoms with van der Waals surface area (Å²) in [4.78, 5) is 9.23. The van der Waals surface area contributed by atoms with E-state index >= 15 is 0 Å². The normalized spacial score (nSPS) is 16.6. The highest BCUT2D eigenvalue weighted by Crippen LogP contribution is 2.24. The molecular weight excluding hydrogens is 302 g/mol. The van der Waals surface area contributed by atoms with Gasteiger partial charge >= 0.3 is 0 Å². The number of hydrogen-bond acceptors (Lipinski definition) is 6. The number of benzene rings is 1. The van der Waals surface area contributed by atoms with Crippen LogP contribution in [0.3, 0.4) is 0 Å². The van der Waals surface area contributed by atoms with Crippen molar-refractivity contribution < 1.29 is 4.52 Å². The van der Waals surface area contributed by atoms with Gasteiger partial charge in [-0.2, -0.15) is 4.98 Å². The molecule has 3 rings (SSSR count). The van der Waals surface area contributed by atoms with Crippen molar-refractivity contribution in [2.75, 3.05) is 31.1 Å². The van der Waals surface area contributed by atoms with E-state index < -0.39 is 5.54 Å². The molecule has 6 nitrogen and oxygen atoms in total. The number of nitrogens with two attached hydrogens (primary N) is 1. The second-order valence-electron chi connectivity index (χ2n) is 7.22. The highest BCUT2D eigenvalue weighted by molar-refractivity contribution is 5.56. The van der Waals surface area contributed by atoms with E-state index in [0.717, 1.165) is 26.2 Å². The van der Waals surface area contributed by atoms with Crippen LogP contribution in [0.5, 0.6) is 0 Å². The van der Waals surface area contributed by atoms with Gasteiger partial charge in [-0.05, 0) is 44.9 Å². The molecule has 0 spiro atoms. The SMILES string of the molecule is Cc1cccc(N2CCN(Cc3nc(C(C)(C)N)no3)CC2)c1C. The molecule has 24 heavy (non-hydrogen) atoms. The van der Waals surface area contributed by atoms with Crippen molar-refractivity contribution in [3.05, 3.63) is 41.0 Å². The zero-order valence-electron chi connectivity index (χ0n) is 15.0. The van der Waals surface area contributed by atoms with Crippen LogP contribution in [0.25, 0.3) is 0 Å². The maximum Gasteiger partial charge on any atom is 0.240 e. The average Bonchev–Trinajstić information content (AvgIpc) is 3.00. The van der Waals surface area contributed by atoms with Gasteiger partial charge in [0.05, 0.1) is 12.1 Å². The largest absolute Gasteiger partial charge is 0.369 e. The number of aryl methyl sites for hydroxylation is 1. The minimum Gasteiger partial charge on any atom is -0.369 e. The maximum absolute atomic E-state index is 6.01. The van der Waals surface area contributed by atoms with Crippen LogP contribution >= 0.6 is 0 Å². The molecule has 0 aliphatic carbocycles. The van der Waals surface area contributed by atoms with Gasteiger partial charge in [0.2, 0.25) is 5.89 Å². The minimum absolute atomic E-state index is 0.562. The van der Waals surface area contributed by atoms with E-state index in [1.54, 1.807) is 0 Å². The Balaban J connectivity index is 1.59. The predicted octanol–water partition coefficient (Wildman–Crippen LogP) is 2.20. The summed E-state index contributed by atoms with van der Waals surface area (Å²) >= 11 is 0. The summed E-state index contributed by atoms with van der Waals surface area (Å²) in [7, 11) is 0. The molecule has 0 radical (unpaired) electrons. The molecule has 130 valence electrons. The van der Waals surface area contributed by atoms with Crippen LogP contribution in [0.4, 0.5) is 5.69 Å². The molecule has 0 atom stereocenters. The molecule has 1 saturated heterocycles. The van der Waals surface area contributed by atoms with E-state index in [4.69, 9.17) is 10.3 Å². The first-order chi connectivity index (χ1) is 11.3. The third-order valence-electron chi connectivity index (χ3n) is 4.69. The van der Waals surface area contributed by atoms with E-state index in [1.165, 1.54) is 16.8 Å². The summed E-state index contributed by atoms with van der Waals surface area (Å²) in [5.74, 6) is 1.20. The molecule has 1 aliphatic heterocycles. The lowest BCUT2D eigenvalue weighted by Crippen LogP contribution is -2.46. The minimum atomic E-state index is -0.566. The van der Waals surface area contributed by atoms with Crippen LogP contribution in [0, 0.1) is 13.8 Å². The van der Waals surface area contributed by atoms with Crippen molar-refractivity contribution in [3.63, 3.8) is 0 Å². The quantitative estimate of drug-likeness (QED) is 0.927. The van der Waals surface area contributed by atoms with Crippen LogP contribution in [0.2, 0.25) is 0 Å². The Labute approximate surface area is 143 Å². The number of hydrogen-bond donors (Lipinski definition) is 1. The summed E-state index contributed by atoms with van der Waals surface area (Å²) in [6, 6.07) is 6.52. The Morgan fingerprint density at radius 2 is 1.88 bits per heavy atom. The molecule has 1 aromatic carbocycles. The fourth-order valence-electron chi connectivity index (χ4n) is 3.00. The van der Waals surface area contributed by atoms with Gasteiger partial charge in [0.1, 0.15) is 0 Å². The van der Waals surface area contributed by atoms with Gasteiger partial charge in [0.15, 0.2) is 5.82 Å². The van der Waals surface area contributed by atoms with Crippen LogP contribution in [-0.2, 0) is 12.1 Å². The first-order valence-corrected chi connectivity index (χ1v) is 8.50. The fourth-order valence-corrected chi connectivity index (χ4v) is 3.00. The van der Waals surface area contributed by atoms with E-state index in [0.29, 0.717) is 18.3 Å². The Kier molecular flexibility index (Phi) is 4.60. The molecule has 2 aromatic rings. The number of piperazine rings is 1. The number of aromatic nitrogens is 2. The lowest BCUT2D eigenvalue weighted by Gasteiger charge is -2.36. The van der Waals surface area contributed by atoms with Gasteiger partial charge in [-0.15, -0.1) is 0 Å². The molecule has 0 unspecified atom stereocenters. The Hall–Kier alpha value is -1.92. The molecule has 6 heteroatoms. The number of nitrogens with zero attached hydrogens (tertiary/aromatic N) is 4. The summed E-state index contributed by atoms with van der Waals surface area (Å²) in [6.07, 6.45) is 0. The molecule has 2 heterocycles. The average molecular weight is 329 g/mol. The highest BCUT2D eigenvalue weighted by atomic mass is 16.5. The molecule has 0 amide bonds. The van der Waals surface area contributed by atoms with Crippen molar-refractivity contribution in [2.24, 2.45) is 5.73 Å². The monoisotopic (exact) mass is 329 g/mol. The summed E-state index contributed by atoms with van der Waals surface area (Å²) in [5, 5.41) is 3.99. The molecule has 2 N–H and O–H groups in total. The summed E-state index contributed by atoms with van der Waals surface area (Å²) in [5.41, 5.74) is 9.51. The zero-order valence-corrected chi connectivity index (χ0v) is 15.0. The Bertz CT molecular complexity index is 696. The predicted molar refractivity (Wildman–Crippen MR) is 94.9 cm³/mol. The summed E-state index contributed by atoms with van der Waals surface area (Å²) < 4.78 is 5.34. The van der Waals surface area contributed by atoms with Crippen molar-refractivity contribution >= 4 is 5.69 Å².